The Hall–Kier alpha value is -3.49. The van der Waals surface area contributed by atoms with Gasteiger partial charge in [-0.25, -0.2) is 9.37 Å². The first kappa shape index (κ1) is 17.6. The lowest BCUT2D eigenvalue weighted by Crippen LogP contribution is -2.10. The minimum atomic E-state index is -0.251. The third kappa shape index (κ3) is 2.89. The van der Waals surface area contributed by atoms with E-state index < -0.39 is 0 Å². The molecular weight excluding hydrogens is 373 g/mol. The first-order valence-electron chi connectivity index (χ1n) is 9.53. The lowest BCUT2D eigenvalue weighted by atomic mass is 10.0. The van der Waals surface area contributed by atoms with Gasteiger partial charge in [0, 0.05) is 42.5 Å². The largest absolute Gasteiger partial charge is 0.493 e. The summed E-state index contributed by atoms with van der Waals surface area (Å²) >= 11 is 0. The van der Waals surface area contributed by atoms with Gasteiger partial charge < -0.3 is 10.1 Å². The lowest BCUT2D eigenvalue weighted by Gasteiger charge is -2.14. The van der Waals surface area contributed by atoms with Crippen LogP contribution in [0.2, 0.25) is 0 Å². The fraction of sp³-hybridized carbons (Fsp3) is 0.300. The van der Waals surface area contributed by atoms with Crippen LogP contribution in [-0.4, -0.2) is 36.0 Å². The van der Waals surface area contributed by atoms with E-state index in [9.17, 15) is 4.39 Å². The van der Waals surface area contributed by atoms with Crippen LogP contribution >= 0.6 is 0 Å². The zero-order chi connectivity index (χ0) is 20.0. The molecule has 0 fully saturated rings. The summed E-state index contributed by atoms with van der Waals surface area (Å²) in [7, 11) is 0. The fourth-order valence-electron chi connectivity index (χ4n) is 3.74. The second-order valence-corrected chi connectivity index (χ2v) is 7.23. The van der Waals surface area contributed by atoms with E-state index in [1.54, 1.807) is 29.2 Å². The molecule has 0 spiro atoms. The summed E-state index contributed by atoms with van der Waals surface area (Å²) in [6.07, 6.45) is 5.81. The summed E-state index contributed by atoms with van der Waals surface area (Å²) in [6, 6.07) is 5.26. The Morgan fingerprint density at radius 2 is 2.17 bits per heavy atom. The summed E-state index contributed by atoms with van der Waals surface area (Å²) < 4.78 is 23.6. The lowest BCUT2D eigenvalue weighted by molar-refractivity contribution is 0.356. The molecular formula is C20H20FN7O. The Labute approximate surface area is 166 Å². The van der Waals surface area contributed by atoms with Crippen molar-refractivity contribution in [3.8, 4) is 17.0 Å². The van der Waals surface area contributed by atoms with Crippen LogP contribution in [0, 0.1) is 5.82 Å². The standard InChI is InChI=1S/C20H20FN7O/c1-12(2)28-17(5-7-25-28)15-10-23-20(27-11-24-26-19(15)27)22-9-14-13-6-8-29-18(13)4-3-16(14)21/h3-5,7,10-12H,6,8-9H2,1-2H3,(H,22,23). The smallest absolute Gasteiger partial charge is 0.210 e. The number of aromatic nitrogens is 6. The van der Waals surface area contributed by atoms with E-state index in [4.69, 9.17) is 4.74 Å². The molecule has 4 aromatic rings. The van der Waals surface area contributed by atoms with Crippen molar-refractivity contribution in [3.05, 3.63) is 53.9 Å². The molecule has 0 unspecified atom stereocenters. The summed E-state index contributed by atoms with van der Waals surface area (Å²) in [5.41, 5.74) is 3.92. The number of hydrogen-bond donors (Lipinski definition) is 1. The van der Waals surface area contributed by atoms with Crippen molar-refractivity contribution in [1.82, 2.24) is 29.4 Å². The van der Waals surface area contributed by atoms with Crippen LogP contribution in [0.5, 0.6) is 5.75 Å². The second-order valence-electron chi connectivity index (χ2n) is 7.23. The van der Waals surface area contributed by atoms with Crippen molar-refractivity contribution in [1.29, 1.82) is 0 Å². The van der Waals surface area contributed by atoms with Crippen LogP contribution in [-0.2, 0) is 13.0 Å². The highest BCUT2D eigenvalue weighted by molar-refractivity contribution is 5.75. The molecule has 0 bridgehead atoms. The van der Waals surface area contributed by atoms with Crippen LogP contribution in [0.25, 0.3) is 16.9 Å². The number of anilines is 1. The Morgan fingerprint density at radius 3 is 3.03 bits per heavy atom. The van der Waals surface area contributed by atoms with Crippen molar-refractivity contribution < 1.29 is 9.13 Å². The number of hydrogen-bond acceptors (Lipinski definition) is 6. The summed E-state index contributed by atoms with van der Waals surface area (Å²) in [5, 5.41) is 15.9. The van der Waals surface area contributed by atoms with E-state index >= 15 is 0 Å². The van der Waals surface area contributed by atoms with Crippen LogP contribution in [0.4, 0.5) is 10.3 Å². The van der Waals surface area contributed by atoms with Gasteiger partial charge in [0.1, 0.15) is 17.9 Å². The molecule has 29 heavy (non-hydrogen) atoms. The molecule has 5 rings (SSSR count). The highest BCUT2D eigenvalue weighted by atomic mass is 19.1. The highest BCUT2D eigenvalue weighted by Crippen LogP contribution is 2.31. The van der Waals surface area contributed by atoms with Gasteiger partial charge in [-0.2, -0.15) is 5.10 Å². The van der Waals surface area contributed by atoms with Gasteiger partial charge in [0.05, 0.1) is 17.9 Å². The SMILES string of the molecule is CC(C)n1nccc1-c1cnc(NCc2c(F)ccc3c2CCO3)n2cnnc12. The predicted octanol–water partition coefficient (Wildman–Crippen LogP) is 3.25. The molecule has 148 valence electrons. The maximum absolute atomic E-state index is 14.4. The molecule has 0 amide bonds. The average molecular weight is 393 g/mol. The fourth-order valence-corrected chi connectivity index (χ4v) is 3.74. The third-order valence-electron chi connectivity index (χ3n) is 5.13. The van der Waals surface area contributed by atoms with Gasteiger partial charge in [0.15, 0.2) is 5.65 Å². The summed E-state index contributed by atoms with van der Waals surface area (Å²) in [6.45, 7) is 5.01. The van der Waals surface area contributed by atoms with Gasteiger partial charge in [-0.05, 0) is 32.0 Å². The molecule has 3 aromatic heterocycles. The molecule has 8 nitrogen and oxygen atoms in total. The van der Waals surface area contributed by atoms with Crippen LogP contribution in [0.1, 0.15) is 31.0 Å². The van der Waals surface area contributed by atoms with E-state index in [0.29, 0.717) is 36.7 Å². The van der Waals surface area contributed by atoms with E-state index in [0.717, 1.165) is 22.6 Å². The summed E-state index contributed by atoms with van der Waals surface area (Å²) in [5.74, 6) is 1.04. The van der Waals surface area contributed by atoms with Gasteiger partial charge in [-0.3, -0.25) is 9.08 Å². The van der Waals surface area contributed by atoms with E-state index in [1.807, 2.05) is 10.7 Å². The van der Waals surface area contributed by atoms with Crippen LogP contribution in [0.15, 0.2) is 36.9 Å². The Balaban J connectivity index is 1.50. The Bertz CT molecular complexity index is 1200. The molecule has 1 aliphatic heterocycles. The van der Waals surface area contributed by atoms with E-state index in [1.165, 1.54) is 6.07 Å². The molecule has 0 saturated heterocycles. The minimum Gasteiger partial charge on any atom is -0.493 e. The molecule has 0 saturated carbocycles. The average Bonchev–Trinajstić information content (AvgIpc) is 3.46. The zero-order valence-electron chi connectivity index (χ0n) is 16.1. The molecule has 9 heteroatoms. The van der Waals surface area contributed by atoms with Gasteiger partial charge in [0.2, 0.25) is 5.95 Å². The van der Waals surface area contributed by atoms with E-state index in [2.05, 4.69) is 39.4 Å². The number of rotatable bonds is 5. The maximum Gasteiger partial charge on any atom is 0.210 e. The Morgan fingerprint density at radius 1 is 1.28 bits per heavy atom. The maximum atomic E-state index is 14.4. The van der Waals surface area contributed by atoms with Crippen molar-refractivity contribution >= 4 is 11.6 Å². The molecule has 4 heterocycles. The van der Waals surface area contributed by atoms with Crippen molar-refractivity contribution in [2.75, 3.05) is 11.9 Å². The van der Waals surface area contributed by atoms with Gasteiger partial charge in [-0.1, -0.05) is 0 Å². The molecule has 0 radical (unpaired) electrons. The minimum absolute atomic E-state index is 0.200. The zero-order valence-corrected chi connectivity index (χ0v) is 16.1. The van der Waals surface area contributed by atoms with Crippen molar-refractivity contribution in [2.24, 2.45) is 0 Å². The highest BCUT2D eigenvalue weighted by Gasteiger charge is 2.20. The molecule has 1 aromatic carbocycles. The van der Waals surface area contributed by atoms with Crippen LogP contribution < -0.4 is 10.1 Å². The van der Waals surface area contributed by atoms with Crippen molar-refractivity contribution in [3.63, 3.8) is 0 Å². The molecule has 1 aliphatic rings. The first-order chi connectivity index (χ1) is 14.1. The summed E-state index contributed by atoms with van der Waals surface area (Å²) in [4.78, 5) is 4.55. The van der Waals surface area contributed by atoms with Crippen LogP contribution in [0.3, 0.4) is 0 Å². The Kier molecular flexibility index (Phi) is 4.15. The second kappa shape index (κ2) is 6.84. The van der Waals surface area contributed by atoms with Gasteiger partial charge in [-0.15, -0.1) is 10.2 Å². The molecule has 0 atom stereocenters. The monoisotopic (exact) mass is 393 g/mol. The van der Waals surface area contributed by atoms with E-state index in [-0.39, 0.29) is 11.9 Å². The number of nitrogens with one attached hydrogen (secondary N) is 1. The van der Waals surface area contributed by atoms with Gasteiger partial charge >= 0.3 is 0 Å². The topological polar surface area (TPSA) is 82.2 Å². The quantitative estimate of drug-likeness (QED) is 0.561. The van der Waals surface area contributed by atoms with Crippen molar-refractivity contribution in [2.45, 2.75) is 32.9 Å². The first-order valence-corrected chi connectivity index (χ1v) is 9.53. The number of benzene rings is 1. The molecule has 0 aliphatic carbocycles. The van der Waals surface area contributed by atoms with Gasteiger partial charge in [0.25, 0.3) is 0 Å². The number of fused-ring (bicyclic) bond motifs is 2. The predicted molar refractivity (Wildman–Crippen MR) is 105 cm³/mol. The normalized spacial score (nSPS) is 13.1. The number of nitrogens with zero attached hydrogens (tertiary/aromatic N) is 6. The third-order valence-corrected chi connectivity index (χ3v) is 5.13. The molecule has 1 N–H and O–H groups in total. The number of ether oxygens (including phenoxy) is 1. The number of halogens is 1.